The zero-order chi connectivity index (χ0) is 20.6. The summed E-state index contributed by atoms with van der Waals surface area (Å²) in [4.78, 5) is 10.3. The van der Waals surface area contributed by atoms with Crippen molar-refractivity contribution in [2.45, 2.75) is 115 Å². The van der Waals surface area contributed by atoms with Crippen LogP contribution in [0.4, 0.5) is 0 Å². The zero-order valence-corrected chi connectivity index (χ0v) is 17.4. The van der Waals surface area contributed by atoms with E-state index < -0.39 is 24.5 Å². The zero-order valence-electron chi connectivity index (χ0n) is 17.4. The molecular weight excluding hydrogens is 360 g/mol. The van der Waals surface area contributed by atoms with Gasteiger partial charge in [-0.1, -0.05) is 63.9 Å². The molecule has 3 N–H and O–H groups in total. The van der Waals surface area contributed by atoms with Crippen molar-refractivity contribution in [3.63, 3.8) is 0 Å². The summed E-state index contributed by atoms with van der Waals surface area (Å²) in [5.74, 6) is -0.861. The molecular formula is C22H40O6. The Morgan fingerprint density at radius 3 is 2.04 bits per heavy atom. The van der Waals surface area contributed by atoms with Gasteiger partial charge in [-0.25, -0.2) is 4.79 Å². The van der Waals surface area contributed by atoms with Gasteiger partial charge >= 0.3 is 5.97 Å². The van der Waals surface area contributed by atoms with E-state index in [9.17, 15) is 15.0 Å². The molecule has 4 atom stereocenters. The van der Waals surface area contributed by atoms with Crippen LogP contribution in [-0.4, -0.2) is 52.5 Å². The standard InChI is InChI=1S/C22H40O6/c1-18-19(23)17-20(24)22(28-18)27-16-14-12-10-8-6-4-2-3-5-7-9-11-13-15-21(25)26/h13,15,18-20,22-24H,2-12,14,16-17H2,1H3,(H,25,26)/b15-13+/t18-,19+,20+,22+/m0/s1. The Kier molecular flexibility index (Phi) is 14.3. The van der Waals surface area contributed by atoms with Crippen molar-refractivity contribution in [3.8, 4) is 0 Å². The highest BCUT2D eigenvalue weighted by Crippen LogP contribution is 2.21. The maximum Gasteiger partial charge on any atom is 0.327 e. The molecule has 0 unspecified atom stereocenters. The molecule has 0 saturated carbocycles. The van der Waals surface area contributed by atoms with E-state index in [-0.39, 0.29) is 6.10 Å². The van der Waals surface area contributed by atoms with Crippen LogP contribution in [0.25, 0.3) is 0 Å². The summed E-state index contributed by atoms with van der Waals surface area (Å²) < 4.78 is 11.1. The molecule has 1 rings (SSSR count). The predicted octanol–water partition coefficient (Wildman–Crippen LogP) is 4.18. The van der Waals surface area contributed by atoms with Crippen LogP contribution in [0, 0.1) is 0 Å². The fourth-order valence-electron chi connectivity index (χ4n) is 3.43. The van der Waals surface area contributed by atoms with Crippen molar-refractivity contribution in [1.29, 1.82) is 0 Å². The summed E-state index contributed by atoms with van der Waals surface area (Å²) in [6.07, 6.45) is 15.1. The minimum atomic E-state index is -0.861. The van der Waals surface area contributed by atoms with E-state index in [0.29, 0.717) is 13.0 Å². The number of rotatable bonds is 16. The summed E-state index contributed by atoms with van der Waals surface area (Å²) >= 11 is 0. The van der Waals surface area contributed by atoms with E-state index in [1.807, 2.05) is 0 Å². The molecule has 0 bridgehead atoms. The molecule has 6 nitrogen and oxygen atoms in total. The number of carboxylic acid groups (broad SMARTS) is 1. The highest BCUT2D eigenvalue weighted by molar-refractivity contribution is 5.79. The lowest BCUT2D eigenvalue weighted by Gasteiger charge is -2.35. The number of carboxylic acids is 1. The molecule has 0 radical (unpaired) electrons. The average molecular weight is 401 g/mol. The second-order valence-corrected chi connectivity index (χ2v) is 7.87. The lowest BCUT2D eigenvalue weighted by atomic mass is 10.0. The number of unbranched alkanes of at least 4 members (excludes halogenated alkanes) is 11. The number of aliphatic hydroxyl groups is 2. The van der Waals surface area contributed by atoms with Crippen LogP contribution in [0.3, 0.4) is 0 Å². The quantitative estimate of drug-likeness (QED) is 0.266. The van der Waals surface area contributed by atoms with Crippen LogP contribution < -0.4 is 0 Å². The number of aliphatic hydroxyl groups excluding tert-OH is 2. The smallest absolute Gasteiger partial charge is 0.327 e. The summed E-state index contributed by atoms with van der Waals surface area (Å²) in [6, 6.07) is 0. The third kappa shape index (κ3) is 12.5. The molecule has 28 heavy (non-hydrogen) atoms. The van der Waals surface area contributed by atoms with E-state index in [1.54, 1.807) is 13.0 Å². The molecule has 0 aliphatic carbocycles. The first-order chi connectivity index (χ1) is 13.5. The van der Waals surface area contributed by atoms with Crippen molar-refractivity contribution >= 4 is 5.97 Å². The van der Waals surface area contributed by atoms with Crippen LogP contribution in [0.1, 0.15) is 90.4 Å². The first kappa shape index (κ1) is 25.1. The second-order valence-electron chi connectivity index (χ2n) is 7.87. The number of carbonyl (C=O) groups is 1. The highest BCUT2D eigenvalue weighted by Gasteiger charge is 2.34. The first-order valence-electron chi connectivity index (χ1n) is 11.0. The number of hydrogen-bond donors (Lipinski definition) is 3. The average Bonchev–Trinajstić information content (AvgIpc) is 2.65. The molecule has 1 saturated heterocycles. The van der Waals surface area contributed by atoms with Gasteiger partial charge in [-0.2, -0.15) is 0 Å². The van der Waals surface area contributed by atoms with Crippen LogP contribution in [0.15, 0.2) is 12.2 Å². The molecule has 1 fully saturated rings. The van der Waals surface area contributed by atoms with Crippen molar-refractivity contribution in [2.24, 2.45) is 0 Å². The van der Waals surface area contributed by atoms with Crippen molar-refractivity contribution < 1.29 is 29.6 Å². The van der Waals surface area contributed by atoms with Crippen LogP contribution in [0.5, 0.6) is 0 Å². The molecule has 1 heterocycles. The maximum atomic E-state index is 10.3. The van der Waals surface area contributed by atoms with Crippen molar-refractivity contribution in [3.05, 3.63) is 12.2 Å². The van der Waals surface area contributed by atoms with Gasteiger partial charge in [0, 0.05) is 19.1 Å². The van der Waals surface area contributed by atoms with Gasteiger partial charge in [-0.3, -0.25) is 0 Å². The van der Waals surface area contributed by atoms with Gasteiger partial charge in [0.15, 0.2) is 6.29 Å². The lowest BCUT2D eigenvalue weighted by molar-refractivity contribution is -0.261. The molecule has 0 amide bonds. The molecule has 0 spiro atoms. The molecule has 0 aromatic heterocycles. The summed E-state index contributed by atoms with van der Waals surface area (Å²) in [5.41, 5.74) is 0. The van der Waals surface area contributed by atoms with Crippen LogP contribution in [-0.2, 0) is 14.3 Å². The Bertz CT molecular complexity index is 425. The molecule has 0 aromatic carbocycles. The minimum absolute atomic E-state index is 0.290. The fourth-order valence-corrected chi connectivity index (χ4v) is 3.43. The third-order valence-corrected chi connectivity index (χ3v) is 5.25. The highest BCUT2D eigenvalue weighted by atomic mass is 16.7. The van der Waals surface area contributed by atoms with E-state index >= 15 is 0 Å². The van der Waals surface area contributed by atoms with Gasteiger partial charge in [0.05, 0.1) is 12.2 Å². The number of ether oxygens (including phenoxy) is 2. The Hall–Kier alpha value is -0.950. The maximum absolute atomic E-state index is 10.3. The molecule has 1 aliphatic heterocycles. The van der Waals surface area contributed by atoms with Gasteiger partial charge in [0.25, 0.3) is 0 Å². The van der Waals surface area contributed by atoms with Gasteiger partial charge in [0.1, 0.15) is 6.10 Å². The summed E-state index contributed by atoms with van der Waals surface area (Å²) in [5, 5.41) is 28.0. The molecule has 1 aliphatic rings. The number of aliphatic carboxylic acids is 1. The second kappa shape index (κ2) is 15.9. The van der Waals surface area contributed by atoms with Gasteiger partial charge < -0.3 is 24.8 Å². The number of hydrogen-bond acceptors (Lipinski definition) is 5. The summed E-state index contributed by atoms with van der Waals surface area (Å²) in [6.45, 7) is 2.39. The minimum Gasteiger partial charge on any atom is -0.478 e. The molecule has 0 aromatic rings. The number of allylic oxidation sites excluding steroid dienone is 1. The SMILES string of the molecule is C[C@@H]1O[C@@H](OCCCCCCCCCCCCC/C=C/C(=O)O)[C@H](O)C[C@H]1O. The Morgan fingerprint density at radius 1 is 0.929 bits per heavy atom. The predicted molar refractivity (Wildman–Crippen MR) is 109 cm³/mol. The van der Waals surface area contributed by atoms with E-state index in [0.717, 1.165) is 25.7 Å². The third-order valence-electron chi connectivity index (χ3n) is 5.25. The van der Waals surface area contributed by atoms with Gasteiger partial charge in [-0.15, -0.1) is 0 Å². The Balaban J connectivity index is 1.80. The Labute approximate surface area is 169 Å². The Morgan fingerprint density at radius 2 is 1.46 bits per heavy atom. The van der Waals surface area contributed by atoms with Crippen LogP contribution >= 0.6 is 0 Å². The monoisotopic (exact) mass is 400 g/mol. The topological polar surface area (TPSA) is 96.2 Å². The normalized spacial score (nSPS) is 25.4. The molecule has 164 valence electrons. The fraction of sp³-hybridized carbons (Fsp3) is 0.864. The van der Waals surface area contributed by atoms with E-state index in [2.05, 4.69) is 0 Å². The van der Waals surface area contributed by atoms with E-state index in [4.69, 9.17) is 14.6 Å². The van der Waals surface area contributed by atoms with E-state index in [1.165, 1.54) is 57.4 Å². The summed E-state index contributed by atoms with van der Waals surface area (Å²) in [7, 11) is 0. The lowest BCUT2D eigenvalue weighted by Crippen LogP contribution is -2.47. The largest absolute Gasteiger partial charge is 0.478 e. The first-order valence-corrected chi connectivity index (χ1v) is 11.0. The van der Waals surface area contributed by atoms with Crippen molar-refractivity contribution in [2.75, 3.05) is 6.61 Å². The molecule has 6 heteroatoms. The van der Waals surface area contributed by atoms with Gasteiger partial charge in [-0.05, 0) is 26.2 Å². The van der Waals surface area contributed by atoms with Gasteiger partial charge in [0.2, 0.25) is 0 Å². The van der Waals surface area contributed by atoms with Crippen LogP contribution in [0.2, 0.25) is 0 Å². The van der Waals surface area contributed by atoms with Crippen molar-refractivity contribution in [1.82, 2.24) is 0 Å².